The summed E-state index contributed by atoms with van der Waals surface area (Å²) in [5.41, 5.74) is -1.19. The molecule has 0 aliphatic heterocycles. The Hall–Kier alpha value is -1.82. The molecule has 29 heavy (non-hydrogen) atoms. The van der Waals surface area contributed by atoms with Crippen molar-refractivity contribution < 1.29 is 31.5 Å². The first-order chi connectivity index (χ1) is 13.2. The summed E-state index contributed by atoms with van der Waals surface area (Å²) in [5.74, 6) is -1.86. The van der Waals surface area contributed by atoms with Crippen LogP contribution >= 0.6 is 23.2 Å². The van der Waals surface area contributed by atoms with Crippen molar-refractivity contribution in [3.05, 3.63) is 45.2 Å². The molecule has 0 unspecified atom stereocenters. The zero-order valence-corrected chi connectivity index (χ0v) is 17.4. The molecule has 2 rings (SSSR count). The normalized spacial score (nSPS) is 13.5. The SMILES string of the molecule is Cc1cc(C(F)(F)F)nn1C[C@@H](C)CNS(=O)(=O)c1cc(C(=O)O)c(Cl)cc1Cl. The van der Waals surface area contributed by atoms with E-state index in [1.165, 1.54) is 6.92 Å². The number of sulfonamides is 1. The molecule has 0 aliphatic rings. The van der Waals surface area contributed by atoms with Gasteiger partial charge in [-0.3, -0.25) is 4.68 Å². The van der Waals surface area contributed by atoms with Gasteiger partial charge in [-0.2, -0.15) is 18.3 Å². The summed E-state index contributed by atoms with van der Waals surface area (Å²) in [7, 11) is -4.19. The Kier molecular flexibility index (Phi) is 6.88. The van der Waals surface area contributed by atoms with Crippen LogP contribution in [0.3, 0.4) is 0 Å². The minimum absolute atomic E-state index is 0.0269. The first-order valence-corrected chi connectivity index (χ1v) is 10.3. The summed E-state index contributed by atoms with van der Waals surface area (Å²) < 4.78 is 66.6. The molecule has 13 heteroatoms. The summed E-state index contributed by atoms with van der Waals surface area (Å²) in [6, 6.07) is 2.75. The number of carbonyl (C=O) groups is 1. The lowest BCUT2D eigenvalue weighted by Gasteiger charge is -2.15. The molecule has 2 N–H and O–H groups in total. The highest BCUT2D eigenvalue weighted by Crippen LogP contribution is 2.30. The molecular weight excluding hydrogens is 458 g/mol. The van der Waals surface area contributed by atoms with Crippen LogP contribution in [0.1, 0.15) is 28.7 Å². The average molecular weight is 474 g/mol. The van der Waals surface area contributed by atoms with Gasteiger partial charge < -0.3 is 5.11 Å². The molecule has 0 amide bonds. The fourth-order valence-electron chi connectivity index (χ4n) is 2.42. The number of carboxylic acid groups (broad SMARTS) is 1. The lowest BCUT2D eigenvalue weighted by molar-refractivity contribution is -0.141. The predicted octanol–water partition coefficient (Wildman–Crippen LogP) is 3.83. The molecule has 0 aliphatic carbocycles. The number of aryl methyl sites for hydroxylation is 1. The molecule has 7 nitrogen and oxygen atoms in total. The van der Waals surface area contributed by atoms with Crippen LogP contribution in [0.15, 0.2) is 23.1 Å². The second-order valence-corrected chi connectivity index (χ2v) is 8.93. The number of nitrogens with zero attached hydrogens (tertiary/aromatic N) is 2. The van der Waals surface area contributed by atoms with E-state index in [1.807, 2.05) is 0 Å². The second kappa shape index (κ2) is 8.50. The third kappa shape index (κ3) is 5.62. The number of halogens is 5. The fraction of sp³-hybridized carbons (Fsp3) is 0.375. The average Bonchev–Trinajstić information content (AvgIpc) is 2.93. The van der Waals surface area contributed by atoms with E-state index in [2.05, 4.69) is 9.82 Å². The van der Waals surface area contributed by atoms with Gasteiger partial charge in [-0.1, -0.05) is 30.1 Å². The van der Waals surface area contributed by atoms with Gasteiger partial charge in [0, 0.05) is 18.8 Å². The lowest BCUT2D eigenvalue weighted by atomic mass is 10.2. The number of aromatic carboxylic acids is 1. The highest BCUT2D eigenvalue weighted by Gasteiger charge is 2.34. The van der Waals surface area contributed by atoms with E-state index in [0.29, 0.717) is 0 Å². The number of aromatic nitrogens is 2. The van der Waals surface area contributed by atoms with E-state index in [4.69, 9.17) is 28.3 Å². The largest absolute Gasteiger partial charge is 0.478 e. The van der Waals surface area contributed by atoms with E-state index in [-0.39, 0.29) is 28.8 Å². The third-order valence-corrected chi connectivity index (χ3v) is 6.12. The highest BCUT2D eigenvalue weighted by molar-refractivity contribution is 7.89. The third-order valence-electron chi connectivity index (χ3n) is 3.92. The van der Waals surface area contributed by atoms with E-state index in [1.54, 1.807) is 6.92 Å². The van der Waals surface area contributed by atoms with Crippen LogP contribution in [0, 0.1) is 12.8 Å². The molecular formula is C16H16Cl2F3N3O4S. The van der Waals surface area contributed by atoms with Crippen LogP contribution in [0.5, 0.6) is 0 Å². The number of rotatable bonds is 7. The standard InChI is InChI=1S/C16H16Cl2F3N3O4S/c1-8(7-24-9(2)3-14(23-24)16(19,20)21)6-22-29(27,28)13-4-10(15(25)26)11(17)5-12(13)18/h3-5,8,22H,6-7H2,1-2H3,(H,25,26)/t8-/m0/s1. The Balaban J connectivity index is 2.14. The number of hydrogen-bond donors (Lipinski definition) is 2. The molecule has 0 saturated carbocycles. The zero-order chi connectivity index (χ0) is 22.1. The molecule has 1 aromatic carbocycles. The first kappa shape index (κ1) is 23.5. The van der Waals surface area contributed by atoms with Gasteiger partial charge in [0.25, 0.3) is 0 Å². The predicted molar refractivity (Wildman–Crippen MR) is 99.7 cm³/mol. The van der Waals surface area contributed by atoms with Gasteiger partial charge in [0.2, 0.25) is 10.0 Å². The van der Waals surface area contributed by atoms with Crippen LogP contribution < -0.4 is 4.72 Å². The Morgan fingerprint density at radius 2 is 1.90 bits per heavy atom. The van der Waals surface area contributed by atoms with E-state index >= 15 is 0 Å². The minimum Gasteiger partial charge on any atom is -0.478 e. The smallest absolute Gasteiger partial charge is 0.435 e. The first-order valence-electron chi connectivity index (χ1n) is 8.06. The van der Waals surface area contributed by atoms with Crippen LogP contribution in [-0.4, -0.2) is 35.8 Å². The maximum absolute atomic E-state index is 12.7. The maximum Gasteiger partial charge on any atom is 0.435 e. The van der Waals surface area contributed by atoms with Gasteiger partial charge in [-0.05, 0) is 31.0 Å². The number of nitrogens with one attached hydrogen (secondary N) is 1. The summed E-state index contributed by atoms with van der Waals surface area (Å²) >= 11 is 11.6. The van der Waals surface area contributed by atoms with Crippen molar-refractivity contribution in [2.24, 2.45) is 5.92 Å². The van der Waals surface area contributed by atoms with E-state index in [0.717, 1.165) is 22.9 Å². The highest BCUT2D eigenvalue weighted by atomic mass is 35.5. The zero-order valence-electron chi connectivity index (χ0n) is 15.1. The van der Waals surface area contributed by atoms with Gasteiger partial charge >= 0.3 is 12.1 Å². The molecule has 0 fully saturated rings. The molecule has 1 aromatic heterocycles. The number of alkyl halides is 3. The molecule has 1 heterocycles. The maximum atomic E-state index is 12.7. The van der Waals surface area contributed by atoms with Gasteiger partial charge in [0.1, 0.15) is 4.90 Å². The minimum atomic E-state index is -4.58. The van der Waals surface area contributed by atoms with Crippen molar-refractivity contribution in [3.8, 4) is 0 Å². The quantitative estimate of drug-likeness (QED) is 0.636. The van der Waals surface area contributed by atoms with Crippen molar-refractivity contribution >= 4 is 39.2 Å². The molecule has 0 spiro atoms. The summed E-state index contributed by atoms with van der Waals surface area (Å²) in [6.45, 7) is 2.95. The number of benzene rings is 1. The molecule has 0 radical (unpaired) electrons. The van der Waals surface area contributed by atoms with E-state index in [9.17, 15) is 26.4 Å². The van der Waals surface area contributed by atoms with Crippen LogP contribution in [-0.2, 0) is 22.7 Å². The van der Waals surface area contributed by atoms with Crippen molar-refractivity contribution in [3.63, 3.8) is 0 Å². The molecule has 0 saturated heterocycles. The number of hydrogen-bond acceptors (Lipinski definition) is 4. The fourth-order valence-corrected chi connectivity index (χ4v) is 4.44. The van der Waals surface area contributed by atoms with Gasteiger partial charge in [0.05, 0.1) is 15.6 Å². The molecule has 2 aromatic rings. The molecule has 1 atom stereocenters. The Bertz CT molecular complexity index is 1040. The van der Waals surface area contributed by atoms with Crippen molar-refractivity contribution in [2.45, 2.75) is 31.5 Å². The summed E-state index contributed by atoms with van der Waals surface area (Å²) in [4.78, 5) is 10.7. The van der Waals surface area contributed by atoms with Crippen molar-refractivity contribution in [1.82, 2.24) is 14.5 Å². The monoisotopic (exact) mass is 473 g/mol. The lowest BCUT2D eigenvalue weighted by Crippen LogP contribution is -2.31. The Morgan fingerprint density at radius 1 is 1.28 bits per heavy atom. The topological polar surface area (TPSA) is 101 Å². The van der Waals surface area contributed by atoms with Crippen molar-refractivity contribution in [2.75, 3.05) is 6.54 Å². The van der Waals surface area contributed by atoms with Crippen LogP contribution in [0.2, 0.25) is 10.0 Å². The molecule has 160 valence electrons. The second-order valence-electron chi connectivity index (χ2n) is 6.38. The number of carboxylic acids is 1. The van der Waals surface area contributed by atoms with E-state index < -0.39 is 44.2 Å². The Labute approximate surface area is 174 Å². The van der Waals surface area contributed by atoms with Gasteiger partial charge in [-0.15, -0.1) is 0 Å². The summed E-state index contributed by atoms with van der Waals surface area (Å²) in [5, 5.41) is 12.1. The van der Waals surface area contributed by atoms with Crippen molar-refractivity contribution in [1.29, 1.82) is 0 Å². The Morgan fingerprint density at radius 3 is 2.41 bits per heavy atom. The van der Waals surface area contributed by atoms with Gasteiger partial charge in [0.15, 0.2) is 5.69 Å². The van der Waals surface area contributed by atoms with Gasteiger partial charge in [-0.25, -0.2) is 17.9 Å². The summed E-state index contributed by atoms with van der Waals surface area (Å²) in [6.07, 6.45) is -4.58. The van der Waals surface area contributed by atoms with Crippen LogP contribution in [0.25, 0.3) is 0 Å². The van der Waals surface area contributed by atoms with Crippen LogP contribution in [0.4, 0.5) is 13.2 Å². The molecule has 0 bridgehead atoms.